The predicted molar refractivity (Wildman–Crippen MR) is 71.4 cm³/mol. The monoisotopic (exact) mass is 245 g/mol. The van der Waals surface area contributed by atoms with Gasteiger partial charge in [0.1, 0.15) is 0 Å². The van der Waals surface area contributed by atoms with E-state index in [2.05, 4.69) is 29.6 Å². The summed E-state index contributed by atoms with van der Waals surface area (Å²) < 4.78 is 4.80. The minimum atomic E-state index is -0.269. The highest BCUT2D eigenvalue weighted by Crippen LogP contribution is 2.40. The molecule has 2 rings (SSSR count). The summed E-state index contributed by atoms with van der Waals surface area (Å²) in [6.07, 6.45) is 4.48. The Morgan fingerprint density at radius 1 is 1.44 bits per heavy atom. The first-order valence-electron chi connectivity index (χ1n) is 6.43. The van der Waals surface area contributed by atoms with Crippen molar-refractivity contribution in [3.63, 3.8) is 0 Å². The highest BCUT2D eigenvalue weighted by atomic mass is 16.5. The zero-order chi connectivity index (χ0) is 12.8. The SMILES string of the molecule is CCOC(=O)/C=C/CNC1CC1c1ccccc1. The minimum absolute atomic E-state index is 0.269. The van der Waals surface area contributed by atoms with E-state index in [1.54, 1.807) is 6.92 Å². The molecule has 96 valence electrons. The van der Waals surface area contributed by atoms with Crippen LogP contribution in [0.25, 0.3) is 0 Å². The maximum Gasteiger partial charge on any atom is 0.330 e. The summed E-state index contributed by atoms with van der Waals surface area (Å²) in [5.41, 5.74) is 1.39. The Kier molecular flexibility index (Phi) is 4.53. The molecule has 0 amide bonds. The zero-order valence-electron chi connectivity index (χ0n) is 10.6. The third-order valence-electron chi connectivity index (χ3n) is 3.06. The maximum absolute atomic E-state index is 11.1. The number of ether oxygens (including phenoxy) is 1. The van der Waals surface area contributed by atoms with Crippen molar-refractivity contribution in [2.24, 2.45) is 0 Å². The normalized spacial score (nSPS) is 22.1. The van der Waals surface area contributed by atoms with Gasteiger partial charge in [-0.25, -0.2) is 4.79 Å². The molecule has 0 saturated heterocycles. The van der Waals surface area contributed by atoms with Crippen molar-refractivity contribution in [2.75, 3.05) is 13.2 Å². The van der Waals surface area contributed by atoms with E-state index in [4.69, 9.17) is 4.74 Å². The maximum atomic E-state index is 11.1. The Morgan fingerprint density at radius 2 is 2.22 bits per heavy atom. The summed E-state index contributed by atoms with van der Waals surface area (Å²) >= 11 is 0. The molecule has 2 unspecified atom stereocenters. The average molecular weight is 245 g/mol. The molecule has 1 N–H and O–H groups in total. The van der Waals surface area contributed by atoms with E-state index < -0.39 is 0 Å². The second kappa shape index (κ2) is 6.36. The van der Waals surface area contributed by atoms with Gasteiger partial charge in [0.05, 0.1) is 6.61 Å². The number of hydrogen-bond acceptors (Lipinski definition) is 3. The molecule has 0 bridgehead atoms. The summed E-state index contributed by atoms with van der Waals surface area (Å²) in [5.74, 6) is 0.358. The molecule has 18 heavy (non-hydrogen) atoms. The predicted octanol–water partition coefficient (Wildman–Crippen LogP) is 2.25. The largest absolute Gasteiger partial charge is 0.463 e. The lowest BCUT2D eigenvalue weighted by atomic mass is 10.1. The van der Waals surface area contributed by atoms with Gasteiger partial charge in [-0.1, -0.05) is 36.4 Å². The van der Waals surface area contributed by atoms with E-state index in [1.165, 1.54) is 18.1 Å². The fraction of sp³-hybridized carbons (Fsp3) is 0.400. The van der Waals surface area contributed by atoms with Gasteiger partial charge in [-0.05, 0) is 18.9 Å². The summed E-state index contributed by atoms with van der Waals surface area (Å²) in [6, 6.07) is 11.1. The van der Waals surface area contributed by atoms with Crippen LogP contribution < -0.4 is 5.32 Å². The minimum Gasteiger partial charge on any atom is -0.463 e. The molecule has 0 aliphatic heterocycles. The zero-order valence-corrected chi connectivity index (χ0v) is 10.6. The molecule has 1 aromatic carbocycles. The lowest BCUT2D eigenvalue weighted by molar-refractivity contribution is -0.137. The Labute approximate surface area is 108 Å². The van der Waals surface area contributed by atoms with Crippen LogP contribution in [0.5, 0.6) is 0 Å². The van der Waals surface area contributed by atoms with Crippen LogP contribution in [-0.4, -0.2) is 25.2 Å². The van der Waals surface area contributed by atoms with Gasteiger partial charge in [-0.15, -0.1) is 0 Å². The van der Waals surface area contributed by atoms with Crippen molar-refractivity contribution < 1.29 is 9.53 Å². The fourth-order valence-corrected chi connectivity index (χ4v) is 2.05. The smallest absolute Gasteiger partial charge is 0.330 e. The molecule has 1 aliphatic rings. The molecule has 3 nitrogen and oxygen atoms in total. The topological polar surface area (TPSA) is 38.3 Å². The first-order valence-corrected chi connectivity index (χ1v) is 6.43. The molecular weight excluding hydrogens is 226 g/mol. The van der Waals surface area contributed by atoms with Crippen LogP contribution in [0.2, 0.25) is 0 Å². The van der Waals surface area contributed by atoms with Gasteiger partial charge in [0.2, 0.25) is 0 Å². The van der Waals surface area contributed by atoms with Gasteiger partial charge in [0.15, 0.2) is 0 Å². The van der Waals surface area contributed by atoms with Crippen molar-refractivity contribution in [1.82, 2.24) is 5.32 Å². The van der Waals surface area contributed by atoms with Gasteiger partial charge in [-0.3, -0.25) is 0 Å². The number of benzene rings is 1. The first kappa shape index (κ1) is 12.8. The third-order valence-corrected chi connectivity index (χ3v) is 3.06. The number of nitrogens with one attached hydrogen (secondary N) is 1. The van der Waals surface area contributed by atoms with Crippen molar-refractivity contribution in [2.45, 2.75) is 25.3 Å². The molecule has 2 atom stereocenters. The van der Waals surface area contributed by atoms with Crippen LogP contribution in [0.15, 0.2) is 42.5 Å². The standard InChI is InChI=1S/C15H19NO2/c1-2-18-15(17)9-6-10-16-14-11-13(14)12-7-4-3-5-8-12/h3-9,13-14,16H,2,10-11H2,1H3/b9-6+. The summed E-state index contributed by atoms with van der Waals surface area (Å²) in [7, 11) is 0. The Bertz CT molecular complexity index is 414. The highest BCUT2D eigenvalue weighted by molar-refractivity contribution is 5.81. The Balaban J connectivity index is 1.67. The molecule has 0 spiro atoms. The Morgan fingerprint density at radius 3 is 2.94 bits per heavy atom. The molecule has 3 heteroatoms. The van der Waals surface area contributed by atoms with Crippen molar-refractivity contribution >= 4 is 5.97 Å². The van der Waals surface area contributed by atoms with E-state index in [-0.39, 0.29) is 5.97 Å². The van der Waals surface area contributed by atoms with Gasteiger partial charge in [0, 0.05) is 24.6 Å². The van der Waals surface area contributed by atoms with Crippen LogP contribution >= 0.6 is 0 Å². The lowest BCUT2D eigenvalue weighted by Gasteiger charge is -2.01. The van der Waals surface area contributed by atoms with Crippen LogP contribution in [0.3, 0.4) is 0 Å². The summed E-state index contributed by atoms with van der Waals surface area (Å²) in [4.78, 5) is 11.1. The average Bonchev–Trinajstić information content (AvgIpc) is 3.16. The second-order valence-electron chi connectivity index (χ2n) is 4.42. The number of hydrogen-bond donors (Lipinski definition) is 1. The molecule has 0 aromatic heterocycles. The quantitative estimate of drug-likeness (QED) is 0.617. The van der Waals surface area contributed by atoms with E-state index in [0.29, 0.717) is 25.1 Å². The van der Waals surface area contributed by atoms with Crippen LogP contribution in [0.4, 0.5) is 0 Å². The van der Waals surface area contributed by atoms with Gasteiger partial charge >= 0.3 is 5.97 Å². The Hall–Kier alpha value is -1.61. The fourth-order valence-electron chi connectivity index (χ4n) is 2.05. The molecule has 1 fully saturated rings. The first-order chi connectivity index (χ1) is 8.81. The van der Waals surface area contributed by atoms with Crippen molar-refractivity contribution in [1.29, 1.82) is 0 Å². The molecule has 1 aliphatic carbocycles. The number of carbonyl (C=O) groups is 1. The van der Waals surface area contributed by atoms with E-state index in [0.717, 1.165) is 0 Å². The van der Waals surface area contributed by atoms with E-state index in [1.807, 2.05) is 12.1 Å². The van der Waals surface area contributed by atoms with Crippen molar-refractivity contribution in [3.05, 3.63) is 48.0 Å². The molecule has 0 heterocycles. The van der Waals surface area contributed by atoms with Gasteiger partial charge in [-0.2, -0.15) is 0 Å². The molecular formula is C15H19NO2. The van der Waals surface area contributed by atoms with E-state index in [9.17, 15) is 4.79 Å². The second-order valence-corrected chi connectivity index (χ2v) is 4.42. The molecule has 0 radical (unpaired) electrons. The van der Waals surface area contributed by atoms with Gasteiger partial charge < -0.3 is 10.1 Å². The van der Waals surface area contributed by atoms with Crippen molar-refractivity contribution in [3.8, 4) is 0 Å². The summed E-state index contributed by atoms with van der Waals surface area (Å²) in [6.45, 7) is 2.95. The molecule has 1 saturated carbocycles. The van der Waals surface area contributed by atoms with Crippen LogP contribution in [0, 0.1) is 0 Å². The van der Waals surface area contributed by atoms with Crippen LogP contribution in [0.1, 0.15) is 24.8 Å². The molecule has 1 aromatic rings. The lowest BCUT2D eigenvalue weighted by Crippen LogP contribution is -2.18. The van der Waals surface area contributed by atoms with Crippen LogP contribution in [-0.2, 0) is 9.53 Å². The highest BCUT2D eigenvalue weighted by Gasteiger charge is 2.37. The number of rotatable bonds is 6. The summed E-state index contributed by atoms with van der Waals surface area (Å²) in [5, 5.41) is 3.41. The van der Waals surface area contributed by atoms with Gasteiger partial charge in [0.25, 0.3) is 0 Å². The number of carbonyl (C=O) groups excluding carboxylic acids is 1. The number of esters is 1. The van der Waals surface area contributed by atoms with E-state index >= 15 is 0 Å². The third kappa shape index (κ3) is 3.70.